The van der Waals surface area contributed by atoms with Crippen LogP contribution in [0.2, 0.25) is 0 Å². The van der Waals surface area contributed by atoms with Crippen molar-refractivity contribution in [2.45, 2.75) is 33.7 Å². The quantitative estimate of drug-likeness (QED) is 0.227. The molecule has 0 spiro atoms. The van der Waals surface area contributed by atoms with Crippen molar-refractivity contribution in [1.29, 1.82) is 0 Å². The number of aromatic nitrogens is 3. The van der Waals surface area contributed by atoms with Gasteiger partial charge in [-0.1, -0.05) is 24.3 Å². The number of methoxy groups -OCH3 is 1. The Labute approximate surface area is 197 Å². The highest BCUT2D eigenvalue weighted by atomic mass is 16.6. The molecule has 1 unspecified atom stereocenters. The zero-order chi connectivity index (χ0) is 24.1. The molecular weight excluding hydrogens is 428 g/mol. The zero-order valence-electron chi connectivity index (χ0n) is 19.9. The Balaban J connectivity index is 1.70. The van der Waals surface area contributed by atoms with Gasteiger partial charge in [-0.3, -0.25) is 10.1 Å². The van der Waals surface area contributed by atoms with Crippen LogP contribution in [0.5, 0.6) is 5.75 Å². The van der Waals surface area contributed by atoms with Gasteiger partial charge in [0.1, 0.15) is 5.75 Å². The first kappa shape index (κ1) is 21.7. The maximum absolute atomic E-state index is 11.3. The van der Waals surface area contributed by atoms with Crippen LogP contribution >= 0.6 is 0 Å². The molecule has 0 aliphatic rings. The van der Waals surface area contributed by atoms with Gasteiger partial charge in [-0.05, 0) is 57.0 Å². The first-order valence-electron chi connectivity index (χ1n) is 11.2. The van der Waals surface area contributed by atoms with Crippen molar-refractivity contribution in [3.63, 3.8) is 0 Å². The third-order valence-corrected chi connectivity index (χ3v) is 6.75. The Morgan fingerprint density at radius 3 is 2.35 bits per heavy atom. The minimum absolute atomic E-state index is 0.0773. The predicted molar refractivity (Wildman–Crippen MR) is 134 cm³/mol. The number of hydrogen-bond acceptors (Lipinski definition) is 4. The molecule has 0 amide bonds. The Bertz CT molecular complexity index is 1560. The highest BCUT2D eigenvalue weighted by Crippen LogP contribution is 2.37. The van der Waals surface area contributed by atoms with Crippen LogP contribution < -0.4 is 4.74 Å². The number of hydrogen-bond donors (Lipinski definition) is 0. The van der Waals surface area contributed by atoms with E-state index >= 15 is 0 Å². The maximum atomic E-state index is 11.3. The zero-order valence-corrected chi connectivity index (χ0v) is 19.9. The molecule has 34 heavy (non-hydrogen) atoms. The molecule has 3 aromatic heterocycles. The van der Waals surface area contributed by atoms with Crippen LogP contribution in [0.1, 0.15) is 35.6 Å². The summed E-state index contributed by atoms with van der Waals surface area (Å²) < 4.78 is 9.57. The Morgan fingerprint density at radius 2 is 1.68 bits per heavy atom. The molecule has 3 heterocycles. The number of benzene rings is 2. The molecule has 0 bridgehead atoms. The summed E-state index contributed by atoms with van der Waals surface area (Å²) in [7, 11) is 1.67. The molecule has 7 heteroatoms. The second-order valence-corrected chi connectivity index (χ2v) is 8.69. The van der Waals surface area contributed by atoms with E-state index in [0.29, 0.717) is 0 Å². The number of non-ortho nitro benzene ring substituents is 1. The minimum Gasteiger partial charge on any atom is -0.497 e. The number of ether oxygens (including phenoxy) is 1. The van der Waals surface area contributed by atoms with Crippen molar-refractivity contribution in [2.24, 2.45) is 0 Å². The van der Waals surface area contributed by atoms with E-state index in [0.717, 1.165) is 44.6 Å². The van der Waals surface area contributed by atoms with Crippen LogP contribution in [-0.4, -0.2) is 26.2 Å². The van der Waals surface area contributed by atoms with Gasteiger partial charge in [-0.25, -0.2) is 4.52 Å². The number of nitro groups is 1. The van der Waals surface area contributed by atoms with E-state index in [1.54, 1.807) is 19.2 Å². The number of fused-ring (bicyclic) bond motifs is 3. The van der Waals surface area contributed by atoms with Crippen LogP contribution in [-0.2, 0) is 0 Å². The van der Waals surface area contributed by atoms with Gasteiger partial charge < -0.3 is 9.30 Å². The van der Waals surface area contributed by atoms with Gasteiger partial charge in [0.25, 0.3) is 5.69 Å². The van der Waals surface area contributed by atoms with Gasteiger partial charge in [0.2, 0.25) is 0 Å². The topological polar surface area (TPSA) is 74.6 Å². The molecule has 0 radical (unpaired) electrons. The molecule has 0 aliphatic heterocycles. The van der Waals surface area contributed by atoms with Crippen molar-refractivity contribution in [2.75, 3.05) is 7.11 Å². The Hall–Kier alpha value is -4.13. The van der Waals surface area contributed by atoms with Crippen molar-refractivity contribution < 1.29 is 9.66 Å². The number of nitrogens with zero attached hydrogens (tertiary/aromatic N) is 4. The van der Waals surface area contributed by atoms with Crippen LogP contribution in [0.4, 0.5) is 5.69 Å². The average Bonchev–Trinajstić information content (AvgIpc) is 3.37. The van der Waals surface area contributed by atoms with Gasteiger partial charge in [0.15, 0.2) is 0 Å². The summed E-state index contributed by atoms with van der Waals surface area (Å²) in [6.45, 7) is 8.52. The molecule has 5 aromatic rings. The first-order valence-corrected chi connectivity index (χ1v) is 11.2. The molecule has 5 rings (SSSR count). The third kappa shape index (κ3) is 3.32. The summed E-state index contributed by atoms with van der Waals surface area (Å²) in [5.41, 5.74) is 7.24. The summed E-state index contributed by atoms with van der Waals surface area (Å²) in [4.78, 5) is 10.9. The van der Waals surface area contributed by atoms with E-state index in [1.165, 1.54) is 17.3 Å². The van der Waals surface area contributed by atoms with E-state index in [9.17, 15) is 10.1 Å². The third-order valence-electron chi connectivity index (χ3n) is 6.75. The largest absolute Gasteiger partial charge is 0.497 e. The lowest BCUT2D eigenvalue weighted by molar-refractivity contribution is -0.384. The maximum Gasteiger partial charge on any atom is 0.270 e. The van der Waals surface area contributed by atoms with Crippen molar-refractivity contribution >= 4 is 22.0 Å². The van der Waals surface area contributed by atoms with Gasteiger partial charge in [0.05, 0.1) is 29.3 Å². The summed E-state index contributed by atoms with van der Waals surface area (Å²) in [5, 5.41) is 18.4. The van der Waals surface area contributed by atoms with Crippen LogP contribution in [0.25, 0.3) is 27.4 Å². The number of aryl methyl sites for hydroxylation is 3. The number of rotatable bonds is 5. The standard InChI is InChI=1S/C27H26N4O3/c1-16-26-18(3)30(17(2)20-9-11-24(34-5)12-10-20)19(4)27(26)25-14-22(15-29(25)28-16)21-7-6-8-23(13-21)31(32)33/h6-15,17H,1-5H3. The Kier molecular flexibility index (Phi) is 5.12. The fourth-order valence-electron chi connectivity index (χ4n) is 5.11. The smallest absolute Gasteiger partial charge is 0.270 e. The molecule has 0 saturated heterocycles. The lowest BCUT2D eigenvalue weighted by Crippen LogP contribution is -2.10. The van der Waals surface area contributed by atoms with Crippen LogP contribution in [0.15, 0.2) is 60.8 Å². The lowest BCUT2D eigenvalue weighted by atomic mass is 10.1. The molecule has 1 atom stereocenters. The van der Waals surface area contributed by atoms with Crippen molar-refractivity contribution in [1.82, 2.24) is 14.2 Å². The molecule has 0 fully saturated rings. The highest BCUT2D eigenvalue weighted by molar-refractivity contribution is 6.02. The summed E-state index contributed by atoms with van der Waals surface area (Å²) in [6.07, 6.45) is 1.94. The second-order valence-electron chi connectivity index (χ2n) is 8.69. The van der Waals surface area contributed by atoms with E-state index in [1.807, 2.05) is 35.8 Å². The molecule has 0 N–H and O–H groups in total. The molecule has 2 aromatic carbocycles. The Morgan fingerprint density at radius 1 is 0.971 bits per heavy atom. The van der Waals surface area contributed by atoms with E-state index in [2.05, 4.69) is 43.5 Å². The first-order chi connectivity index (χ1) is 16.3. The summed E-state index contributed by atoms with van der Waals surface area (Å²) >= 11 is 0. The molecule has 0 saturated carbocycles. The lowest BCUT2D eigenvalue weighted by Gasteiger charge is -2.19. The monoisotopic (exact) mass is 454 g/mol. The van der Waals surface area contributed by atoms with Crippen molar-refractivity contribution in [3.05, 3.63) is 93.6 Å². The molecule has 172 valence electrons. The summed E-state index contributed by atoms with van der Waals surface area (Å²) in [6, 6.07) is 17.1. The van der Waals surface area contributed by atoms with E-state index in [4.69, 9.17) is 9.84 Å². The van der Waals surface area contributed by atoms with E-state index < -0.39 is 0 Å². The molecular formula is C27H26N4O3. The van der Waals surface area contributed by atoms with Crippen LogP contribution in [0, 0.1) is 30.9 Å². The fraction of sp³-hybridized carbons (Fsp3) is 0.222. The van der Waals surface area contributed by atoms with Gasteiger partial charge >= 0.3 is 0 Å². The predicted octanol–water partition coefficient (Wildman–Crippen LogP) is 6.41. The average molecular weight is 455 g/mol. The highest BCUT2D eigenvalue weighted by Gasteiger charge is 2.22. The van der Waals surface area contributed by atoms with Gasteiger partial charge in [0, 0.05) is 46.1 Å². The van der Waals surface area contributed by atoms with Gasteiger partial charge in [-0.15, -0.1) is 0 Å². The normalized spacial score (nSPS) is 12.4. The fourth-order valence-corrected chi connectivity index (χ4v) is 5.11. The summed E-state index contributed by atoms with van der Waals surface area (Å²) in [5.74, 6) is 0.839. The molecule has 0 aliphatic carbocycles. The SMILES string of the molecule is COc1ccc(C(C)n2c(C)c3c(C)nn4cc(-c5cccc([N+](=O)[O-])c5)cc4c3c2C)cc1. The van der Waals surface area contributed by atoms with Crippen LogP contribution in [0.3, 0.4) is 0 Å². The van der Waals surface area contributed by atoms with Crippen molar-refractivity contribution in [3.8, 4) is 16.9 Å². The second kappa shape index (κ2) is 8.02. The van der Waals surface area contributed by atoms with Gasteiger partial charge in [-0.2, -0.15) is 5.10 Å². The minimum atomic E-state index is -0.367. The number of nitro benzene ring substituents is 1. The molecule has 7 nitrogen and oxygen atoms in total. The van der Waals surface area contributed by atoms with E-state index in [-0.39, 0.29) is 16.7 Å².